The molecule has 3 aromatic heterocycles. The van der Waals surface area contributed by atoms with Crippen molar-refractivity contribution in [1.82, 2.24) is 19.5 Å². The number of hydrogen-bond acceptors (Lipinski definition) is 4. The molecule has 68 heavy (non-hydrogen) atoms. The van der Waals surface area contributed by atoms with Crippen LogP contribution in [-0.4, -0.2) is 19.5 Å². The highest BCUT2D eigenvalue weighted by atomic mass is 32.1. The number of para-hydroxylation sites is 2. The fourth-order valence-electron chi connectivity index (χ4n) is 9.79. The van der Waals surface area contributed by atoms with E-state index in [4.69, 9.17) is 15.0 Å². The van der Waals surface area contributed by atoms with Crippen LogP contribution in [0.5, 0.6) is 0 Å². The highest BCUT2D eigenvalue weighted by Gasteiger charge is 2.21. The maximum atomic E-state index is 5.32. The molecule has 13 aromatic rings. The fourth-order valence-corrected chi connectivity index (χ4v) is 11.1. The summed E-state index contributed by atoms with van der Waals surface area (Å²) in [6.45, 7) is 0. The molecule has 0 radical (unpaired) electrons. The van der Waals surface area contributed by atoms with Crippen LogP contribution >= 0.6 is 11.3 Å². The van der Waals surface area contributed by atoms with E-state index in [0.717, 1.165) is 55.8 Å². The zero-order valence-corrected chi connectivity index (χ0v) is 37.6. The van der Waals surface area contributed by atoms with Crippen molar-refractivity contribution in [2.45, 2.75) is 0 Å². The van der Waals surface area contributed by atoms with Gasteiger partial charge in [0.05, 0.1) is 11.0 Å². The Morgan fingerprint density at radius 1 is 0.294 bits per heavy atom. The smallest absolute Gasteiger partial charge is 0.164 e. The molecule has 10 aromatic carbocycles. The van der Waals surface area contributed by atoms with Gasteiger partial charge in [-0.2, -0.15) is 0 Å². The van der Waals surface area contributed by atoms with Gasteiger partial charge in [-0.25, -0.2) is 15.0 Å². The first-order chi connectivity index (χ1) is 33.7. The molecular formula is C63H40N4S. The van der Waals surface area contributed by atoms with Gasteiger partial charge < -0.3 is 4.57 Å². The Bertz CT molecular complexity index is 3880. The van der Waals surface area contributed by atoms with Gasteiger partial charge >= 0.3 is 0 Å². The van der Waals surface area contributed by atoms with Crippen molar-refractivity contribution in [3.05, 3.63) is 243 Å². The molecule has 0 bridgehead atoms. The van der Waals surface area contributed by atoms with Crippen molar-refractivity contribution in [2.24, 2.45) is 0 Å². The molecule has 3 heterocycles. The lowest BCUT2D eigenvalue weighted by molar-refractivity contribution is 1.07. The van der Waals surface area contributed by atoms with Crippen LogP contribution < -0.4 is 0 Å². The molecule has 318 valence electrons. The van der Waals surface area contributed by atoms with Gasteiger partial charge in [0.15, 0.2) is 17.5 Å². The predicted octanol–water partition coefficient (Wildman–Crippen LogP) is 17.0. The third kappa shape index (κ3) is 6.96. The number of aromatic nitrogens is 4. The second kappa shape index (κ2) is 16.6. The van der Waals surface area contributed by atoms with Crippen LogP contribution in [0.15, 0.2) is 243 Å². The molecule has 0 aliphatic rings. The summed E-state index contributed by atoms with van der Waals surface area (Å²) in [5.41, 5.74) is 15.3. The Balaban J connectivity index is 1.04. The van der Waals surface area contributed by atoms with E-state index in [0.29, 0.717) is 17.5 Å². The predicted molar refractivity (Wildman–Crippen MR) is 285 cm³/mol. The van der Waals surface area contributed by atoms with Crippen molar-refractivity contribution in [3.8, 4) is 84.4 Å². The Labute approximate surface area is 397 Å². The van der Waals surface area contributed by atoms with Gasteiger partial charge in [0.2, 0.25) is 0 Å². The summed E-state index contributed by atoms with van der Waals surface area (Å²) < 4.78 is 4.92. The highest BCUT2D eigenvalue weighted by Crippen LogP contribution is 2.46. The average Bonchev–Trinajstić information content (AvgIpc) is 3.97. The Kier molecular flexibility index (Phi) is 9.66. The van der Waals surface area contributed by atoms with Crippen LogP contribution in [0.2, 0.25) is 0 Å². The van der Waals surface area contributed by atoms with Crippen LogP contribution in [0.25, 0.3) is 126 Å². The number of nitrogens with zero attached hydrogens (tertiary/aromatic N) is 4. The van der Waals surface area contributed by atoms with Gasteiger partial charge in [-0.3, -0.25) is 0 Å². The average molecular weight is 885 g/mol. The number of rotatable bonds is 8. The summed E-state index contributed by atoms with van der Waals surface area (Å²) in [4.78, 5) is 15.7. The molecule has 0 aliphatic carbocycles. The van der Waals surface area contributed by atoms with Crippen molar-refractivity contribution in [3.63, 3.8) is 0 Å². The van der Waals surface area contributed by atoms with Crippen molar-refractivity contribution in [2.75, 3.05) is 0 Å². The molecule has 0 saturated heterocycles. The molecule has 0 N–H and O–H groups in total. The first-order valence-corrected chi connectivity index (χ1v) is 23.7. The zero-order chi connectivity index (χ0) is 45.0. The number of fused-ring (bicyclic) bond motifs is 7. The van der Waals surface area contributed by atoms with Gasteiger partial charge in [0.25, 0.3) is 0 Å². The van der Waals surface area contributed by atoms with Gasteiger partial charge in [-0.05, 0) is 99.1 Å². The van der Waals surface area contributed by atoms with Crippen LogP contribution in [0.4, 0.5) is 0 Å². The van der Waals surface area contributed by atoms with Crippen molar-refractivity contribution < 1.29 is 0 Å². The van der Waals surface area contributed by atoms with Crippen LogP contribution in [0, 0.1) is 0 Å². The molecule has 0 saturated carbocycles. The number of benzene rings is 10. The lowest BCUT2D eigenvalue weighted by Crippen LogP contribution is -2.01. The number of thiophene rings is 1. The molecule has 5 heteroatoms. The molecule has 4 nitrogen and oxygen atoms in total. The standard InChI is InChI=1S/C63H40N4S/c1-6-18-41(19-7-1)47-36-48(42-20-8-2-9-21-42)38-49(37-47)45-30-32-51(55(39-45)63-65-61(43-22-10-3-11-23-43)64-62(66-63)44-24-12-4-13-25-44)46-31-33-52-53-34-35-57-59(60(53)68-58(52)40-46)54-28-16-17-29-56(54)67(57)50-26-14-5-15-27-50/h1-40H. The minimum atomic E-state index is 0.615. The first-order valence-electron chi connectivity index (χ1n) is 22.9. The van der Waals surface area contributed by atoms with E-state index in [1.54, 1.807) is 0 Å². The van der Waals surface area contributed by atoms with Crippen LogP contribution in [0.3, 0.4) is 0 Å². The van der Waals surface area contributed by atoms with E-state index >= 15 is 0 Å². The molecule has 13 rings (SSSR count). The number of hydrogen-bond donors (Lipinski definition) is 0. The maximum absolute atomic E-state index is 5.32. The normalized spacial score (nSPS) is 11.5. The third-order valence-corrected chi connectivity index (χ3v) is 14.2. The Hall–Kier alpha value is -8.77. The molecular weight excluding hydrogens is 845 g/mol. The van der Waals surface area contributed by atoms with Crippen LogP contribution in [-0.2, 0) is 0 Å². The van der Waals surface area contributed by atoms with E-state index in [9.17, 15) is 0 Å². The minimum absolute atomic E-state index is 0.615. The summed E-state index contributed by atoms with van der Waals surface area (Å²) in [6, 6.07) is 86.4. The molecule has 0 fully saturated rings. The molecule has 0 unspecified atom stereocenters. The van der Waals surface area contributed by atoms with Crippen molar-refractivity contribution >= 4 is 53.3 Å². The van der Waals surface area contributed by atoms with E-state index in [-0.39, 0.29) is 0 Å². The van der Waals surface area contributed by atoms with Gasteiger partial charge in [0, 0.05) is 53.3 Å². The SMILES string of the molecule is c1ccc(-c2cc(-c3ccccc3)cc(-c3ccc(-c4ccc5c(c4)sc4c5ccc5c4c4ccccc4n5-c4ccccc4)c(-c4nc(-c5ccccc5)nc(-c5ccccc5)n4)c3)c2)cc1. The molecule has 0 amide bonds. The lowest BCUT2D eigenvalue weighted by atomic mass is 9.90. The summed E-state index contributed by atoms with van der Waals surface area (Å²) in [7, 11) is 0. The minimum Gasteiger partial charge on any atom is -0.309 e. The summed E-state index contributed by atoms with van der Waals surface area (Å²) in [5, 5.41) is 5.05. The second-order valence-corrected chi connectivity index (χ2v) is 18.2. The Morgan fingerprint density at radius 2 is 0.794 bits per heavy atom. The molecule has 0 aliphatic heterocycles. The van der Waals surface area contributed by atoms with Gasteiger partial charge in [0.1, 0.15) is 0 Å². The van der Waals surface area contributed by atoms with E-state index in [1.165, 1.54) is 53.1 Å². The summed E-state index contributed by atoms with van der Waals surface area (Å²) in [6.07, 6.45) is 0. The zero-order valence-electron chi connectivity index (χ0n) is 36.8. The highest BCUT2D eigenvalue weighted by molar-refractivity contribution is 7.26. The maximum Gasteiger partial charge on any atom is 0.164 e. The quantitative estimate of drug-likeness (QED) is 0.153. The molecule has 0 atom stereocenters. The largest absolute Gasteiger partial charge is 0.309 e. The first kappa shape index (κ1) is 39.6. The summed E-state index contributed by atoms with van der Waals surface area (Å²) in [5.74, 6) is 1.87. The topological polar surface area (TPSA) is 43.6 Å². The van der Waals surface area contributed by atoms with E-state index < -0.39 is 0 Å². The monoisotopic (exact) mass is 884 g/mol. The van der Waals surface area contributed by atoms with E-state index in [2.05, 4.69) is 211 Å². The molecule has 0 spiro atoms. The second-order valence-electron chi connectivity index (χ2n) is 17.2. The van der Waals surface area contributed by atoms with E-state index in [1.807, 2.05) is 47.7 Å². The Morgan fingerprint density at radius 3 is 1.41 bits per heavy atom. The lowest BCUT2D eigenvalue weighted by Gasteiger charge is -2.16. The fraction of sp³-hybridized carbons (Fsp3) is 0. The van der Waals surface area contributed by atoms with Crippen LogP contribution in [0.1, 0.15) is 0 Å². The third-order valence-electron chi connectivity index (χ3n) is 13.0. The summed E-state index contributed by atoms with van der Waals surface area (Å²) >= 11 is 1.87. The van der Waals surface area contributed by atoms with Gasteiger partial charge in [-0.15, -0.1) is 11.3 Å². The van der Waals surface area contributed by atoms with Crippen molar-refractivity contribution in [1.29, 1.82) is 0 Å². The van der Waals surface area contributed by atoms with Gasteiger partial charge in [-0.1, -0.05) is 188 Å².